The number of esters is 1. The molecule has 1 aliphatic rings. The second-order valence-electron chi connectivity index (χ2n) is 5.34. The molecule has 1 atom stereocenters. The summed E-state index contributed by atoms with van der Waals surface area (Å²) in [6, 6.07) is 5.08. The number of benzene rings is 1. The first-order valence-electron chi connectivity index (χ1n) is 7.38. The number of nitrogens with zero attached hydrogens (tertiary/aromatic N) is 1. The highest BCUT2D eigenvalue weighted by Crippen LogP contribution is 2.20. The van der Waals surface area contributed by atoms with Crippen LogP contribution in [0.25, 0.3) is 0 Å². The molecule has 1 aromatic rings. The number of rotatable bonds is 5. The molecule has 1 aromatic carbocycles. The Hall–Kier alpha value is -2.57. The van der Waals surface area contributed by atoms with Crippen LogP contribution in [0.1, 0.15) is 18.1 Å². The van der Waals surface area contributed by atoms with E-state index in [2.05, 4.69) is 5.32 Å². The third kappa shape index (κ3) is 4.00. The predicted octanol–water partition coefficient (Wildman–Crippen LogP) is 1.17. The molecule has 23 heavy (non-hydrogen) atoms. The number of ether oxygens (including phenoxy) is 2. The molecular formula is C16H20N2O5. The first kappa shape index (κ1) is 16.8. The summed E-state index contributed by atoms with van der Waals surface area (Å²) >= 11 is 0. The van der Waals surface area contributed by atoms with Crippen LogP contribution in [-0.4, -0.2) is 48.6 Å². The summed E-state index contributed by atoms with van der Waals surface area (Å²) < 4.78 is 10.5. The van der Waals surface area contributed by atoms with Crippen molar-refractivity contribution in [2.45, 2.75) is 26.9 Å². The standard InChI is InChI=1S/C16H20N2O5/c1-10-5-4-6-13(11(10)2)22-9-14(19)23-12(3)15(20)18-8-7-17-16(18)21/h4-6,12H,7-9H2,1-3H3,(H,17,21)/t12-/m1/s1. The van der Waals surface area contributed by atoms with Crippen molar-refractivity contribution in [3.63, 3.8) is 0 Å². The number of hydrogen-bond acceptors (Lipinski definition) is 5. The average molecular weight is 320 g/mol. The van der Waals surface area contributed by atoms with Gasteiger partial charge >= 0.3 is 12.0 Å². The zero-order valence-electron chi connectivity index (χ0n) is 13.4. The van der Waals surface area contributed by atoms with Gasteiger partial charge in [-0.2, -0.15) is 0 Å². The maximum atomic E-state index is 12.0. The van der Waals surface area contributed by atoms with Crippen molar-refractivity contribution in [3.8, 4) is 5.75 Å². The van der Waals surface area contributed by atoms with Gasteiger partial charge in [0.2, 0.25) is 0 Å². The van der Waals surface area contributed by atoms with E-state index in [4.69, 9.17) is 9.47 Å². The lowest BCUT2D eigenvalue weighted by molar-refractivity contribution is -0.159. The summed E-state index contributed by atoms with van der Waals surface area (Å²) in [7, 11) is 0. The quantitative estimate of drug-likeness (QED) is 0.823. The van der Waals surface area contributed by atoms with Gasteiger partial charge in [0, 0.05) is 13.1 Å². The van der Waals surface area contributed by atoms with Crippen LogP contribution in [0.5, 0.6) is 5.75 Å². The zero-order valence-corrected chi connectivity index (χ0v) is 13.4. The van der Waals surface area contributed by atoms with E-state index in [1.165, 1.54) is 6.92 Å². The van der Waals surface area contributed by atoms with Gasteiger partial charge in [-0.25, -0.2) is 9.59 Å². The third-order valence-electron chi connectivity index (χ3n) is 3.68. The van der Waals surface area contributed by atoms with Crippen LogP contribution in [0.2, 0.25) is 0 Å². The molecule has 1 N–H and O–H groups in total. The number of imide groups is 1. The topological polar surface area (TPSA) is 84.9 Å². The van der Waals surface area contributed by atoms with Gasteiger partial charge < -0.3 is 14.8 Å². The fraction of sp³-hybridized carbons (Fsp3) is 0.438. The lowest BCUT2D eigenvalue weighted by Gasteiger charge is -2.18. The fourth-order valence-electron chi connectivity index (χ4n) is 2.20. The molecule has 0 aromatic heterocycles. The van der Waals surface area contributed by atoms with Crippen molar-refractivity contribution >= 4 is 17.9 Å². The van der Waals surface area contributed by atoms with Crippen molar-refractivity contribution in [1.29, 1.82) is 0 Å². The number of nitrogens with one attached hydrogen (secondary N) is 1. The van der Waals surface area contributed by atoms with Gasteiger partial charge in [-0.1, -0.05) is 12.1 Å². The highest BCUT2D eigenvalue weighted by molar-refractivity contribution is 5.98. The molecule has 1 aliphatic heterocycles. The number of hydrogen-bond donors (Lipinski definition) is 1. The molecule has 0 aliphatic carbocycles. The van der Waals surface area contributed by atoms with Gasteiger partial charge in [-0.15, -0.1) is 0 Å². The van der Waals surface area contributed by atoms with Crippen LogP contribution in [0, 0.1) is 13.8 Å². The Labute approximate surface area is 134 Å². The smallest absolute Gasteiger partial charge is 0.344 e. The number of urea groups is 1. The second-order valence-corrected chi connectivity index (χ2v) is 5.34. The molecule has 7 nitrogen and oxygen atoms in total. The minimum atomic E-state index is -1.03. The molecule has 0 spiro atoms. The van der Waals surface area contributed by atoms with E-state index in [-0.39, 0.29) is 13.2 Å². The summed E-state index contributed by atoms with van der Waals surface area (Å²) in [5.74, 6) is -0.605. The highest BCUT2D eigenvalue weighted by atomic mass is 16.6. The van der Waals surface area contributed by atoms with Crippen LogP contribution in [-0.2, 0) is 14.3 Å². The molecule has 0 radical (unpaired) electrons. The molecule has 0 saturated carbocycles. The first-order valence-corrected chi connectivity index (χ1v) is 7.38. The van der Waals surface area contributed by atoms with E-state index in [1.807, 2.05) is 26.0 Å². The molecule has 0 unspecified atom stereocenters. The van der Waals surface area contributed by atoms with Crippen molar-refractivity contribution in [3.05, 3.63) is 29.3 Å². The maximum absolute atomic E-state index is 12.0. The molecule has 1 saturated heterocycles. The number of aryl methyl sites for hydroxylation is 1. The molecule has 1 fully saturated rings. The predicted molar refractivity (Wildman–Crippen MR) is 82.1 cm³/mol. The van der Waals surface area contributed by atoms with Crippen LogP contribution < -0.4 is 10.1 Å². The van der Waals surface area contributed by atoms with Gasteiger partial charge in [0.15, 0.2) is 12.7 Å². The Morgan fingerprint density at radius 3 is 2.74 bits per heavy atom. The average Bonchev–Trinajstić information content (AvgIpc) is 2.94. The Morgan fingerprint density at radius 2 is 2.09 bits per heavy atom. The van der Waals surface area contributed by atoms with Crippen LogP contribution in [0.15, 0.2) is 18.2 Å². The van der Waals surface area contributed by atoms with Crippen LogP contribution in [0.3, 0.4) is 0 Å². The SMILES string of the molecule is Cc1cccc(OCC(=O)O[C@H](C)C(=O)N2CCNC2=O)c1C. The second kappa shape index (κ2) is 7.13. The Morgan fingerprint density at radius 1 is 1.35 bits per heavy atom. The van der Waals surface area contributed by atoms with Crippen LogP contribution >= 0.6 is 0 Å². The molecule has 0 bridgehead atoms. The van der Waals surface area contributed by atoms with Gasteiger partial charge in [0.25, 0.3) is 5.91 Å². The summed E-state index contributed by atoms with van der Waals surface area (Å²) in [6.45, 7) is 5.66. The Bertz CT molecular complexity index is 629. The lowest BCUT2D eigenvalue weighted by Crippen LogP contribution is -2.42. The van der Waals surface area contributed by atoms with Gasteiger partial charge in [-0.05, 0) is 38.0 Å². The molecule has 2 rings (SSSR count). The molecule has 1 heterocycles. The first-order chi connectivity index (χ1) is 10.9. The summed E-state index contributed by atoms with van der Waals surface area (Å²) in [4.78, 5) is 36.3. The Balaban J connectivity index is 1.85. The summed E-state index contributed by atoms with van der Waals surface area (Å²) in [6.07, 6.45) is -1.03. The molecular weight excluding hydrogens is 300 g/mol. The minimum Gasteiger partial charge on any atom is -0.482 e. The minimum absolute atomic E-state index is 0.276. The Kier molecular flexibility index (Phi) is 5.20. The van der Waals surface area contributed by atoms with E-state index >= 15 is 0 Å². The third-order valence-corrected chi connectivity index (χ3v) is 3.68. The monoisotopic (exact) mass is 320 g/mol. The highest BCUT2D eigenvalue weighted by Gasteiger charge is 2.31. The van der Waals surface area contributed by atoms with E-state index in [0.29, 0.717) is 12.3 Å². The van der Waals surface area contributed by atoms with Crippen molar-refractivity contribution in [2.75, 3.05) is 19.7 Å². The molecule has 3 amide bonds. The summed E-state index contributed by atoms with van der Waals surface area (Å²) in [5.41, 5.74) is 2.00. The van der Waals surface area contributed by atoms with Gasteiger partial charge in [0.05, 0.1) is 0 Å². The van der Waals surface area contributed by atoms with Crippen molar-refractivity contribution in [2.24, 2.45) is 0 Å². The number of carbonyl (C=O) groups is 3. The van der Waals surface area contributed by atoms with E-state index in [0.717, 1.165) is 16.0 Å². The lowest BCUT2D eigenvalue weighted by atomic mass is 10.1. The van der Waals surface area contributed by atoms with Crippen LogP contribution in [0.4, 0.5) is 4.79 Å². The summed E-state index contributed by atoms with van der Waals surface area (Å²) in [5, 5.41) is 2.52. The van der Waals surface area contributed by atoms with E-state index < -0.39 is 24.0 Å². The maximum Gasteiger partial charge on any atom is 0.344 e. The van der Waals surface area contributed by atoms with E-state index in [9.17, 15) is 14.4 Å². The number of amides is 3. The molecule has 7 heteroatoms. The van der Waals surface area contributed by atoms with Crippen molar-refractivity contribution < 1.29 is 23.9 Å². The van der Waals surface area contributed by atoms with Crippen molar-refractivity contribution in [1.82, 2.24) is 10.2 Å². The number of carbonyl (C=O) groups excluding carboxylic acids is 3. The fourth-order valence-corrected chi connectivity index (χ4v) is 2.20. The van der Waals surface area contributed by atoms with E-state index in [1.54, 1.807) is 6.07 Å². The molecule has 124 valence electrons. The largest absolute Gasteiger partial charge is 0.482 e. The van der Waals surface area contributed by atoms with Gasteiger partial charge in [0.1, 0.15) is 5.75 Å². The normalized spacial score (nSPS) is 15.1. The zero-order chi connectivity index (χ0) is 17.0. The van der Waals surface area contributed by atoms with Gasteiger partial charge in [-0.3, -0.25) is 9.69 Å².